The lowest BCUT2D eigenvalue weighted by Gasteiger charge is -2.02. The Morgan fingerprint density at radius 3 is 2.40 bits per heavy atom. The van der Waals surface area contributed by atoms with Crippen LogP contribution in [0.15, 0.2) is 18.7 Å². The van der Waals surface area contributed by atoms with Crippen LogP contribution in [0, 0.1) is 0 Å². The average Bonchev–Trinajstić information content (AvgIpc) is 2.81. The second kappa shape index (κ2) is 11.8. The Hall–Kier alpha value is -1.03. The lowest BCUT2D eigenvalue weighted by molar-refractivity contribution is -0.671. The molecule has 0 spiro atoms. The molecule has 0 fully saturated rings. The number of ether oxygens (including phenoxy) is 1. The topological polar surface area (TPSA) is 35.1 Å². The lowest BCUT2D eigenvalue weighted by Crippen LogP contribution is -3.00. The van der Waals surface area contributed by atoms with E-state index in [9.17, 15) is 4.79 Å². The predicted molar refractivity (Wildman–Crippen MR) is 74.3 cm³/mol. The number of hydrogen-bond donors (Lipinski definition) is 0. The summed E-state index contributed by atoms with van der Waals surface area (Å²) < 4.78 is 8.97. The number of carbonyl (C=O) groups excluding carboxylic acids is 1. The molecule has 0 unspecified atom stereocenters. The molecule has 0 N–H and O–H groups in total. The van der Waals surface area contributed by atoms with E-state index >= 15 is 0 Å². The number of hydrogen-bond acceptors (Lipinski definition) is 2. The zero-order chi connectivity index (χ0) is 13.9. The number of esters is 1. The number of aromatic nitrogens is 2. The van der Waals surface area contributed by atoms with Crippen molar-refractivity contribution in [3.05, 3.63) is 18.7 Å². The summed E-state index contributed by atoms with van der Waals surface area (Å²) in [7, 11) is 1.94. The van der Waals surface area contributed by atoms with Crippen molar-refractivity contribution < 1.29 is 26.5 Å². The molecule has 0 atom stereocenters. The molecule has 0 saturated heterocycles. The maximum absolute atomic E-state index is 11.5. The third-order valence-electron chi connectivity index (χ3n) is 3.18. The van der Waals surface area contributed by atoms with Gasteiger partial charge in [-0.3, -0.25) is 4.79 Å². The van der Waals surface area contributed by atoms with Crippen LogP contribution in [0.5, 0.6) is 0 Å². The summed E-state index contributed by atoms with van der Waals surface area (Å²) in [4.78, 5) is 11.5. The van der Waals surface area contributed by atoms with Gasteiger partial charge in [0.2, 0.25) is 13.1 Å². The second-order valence-electron chi connectivity index (χ2n) is 5.11. The summed E-state index contributed by atoms with van der Waals surface area (Å²) >= 11 is 0. The van der Waals surface area contributed by atoms with Gasteiger partial charge in [-0.15, -0.1) is 0 Å². The van der Waals surface area contributed by atoms with Gasteiger partial charge in [0.05, 0.1) is 7.05 Å². The Bertz CT molecular complexity index is 367. The van der Waals surface area contributed by atoms with E-state index < -0.39 is 0 Å². The molecule has 0 aliphatic heterocycles. The van der Waals surface area contributed by atoms with Crippen molar-refractivity contribution in [1.82, 2.24) is 4.57 Å². The first-order chi connectivity index (χ1) is 9.22. The molecule has 0 amide bonds. The number of halogens is 1. The monoisotopic (exact) mass is 302 g/mol. The number of unbranched alkanes of at least 4 members (excludes halogenated alkanes) is 6. The average molecular weight is 303 g/mol. The highest BCUT2D eigenvalue weighted by molar-refractivity contribution is 5.69. The Morgan fingerprint density at radius 2 is 1.80 bits per heavy atom. The molecular formula is C15H27ClN2O2. The Balaban J connectivity index is 0.00000361. The highest BCUT2D eigenvalue weighted by Crippen LogP contribution is 2.08. The first kappa shape index (κ1) is 19.0. The van der Waals surface area contributed by atoms with E-state index in [1.807, 2.05) is 34.9 Å². The van der Waals surface area contributed by atoms with Gasteiger partial charge in [0.25, 0.3) is 0 Å². The van der Waals surface area contributed by atoms with Crippen LogP contribution in [0.3, 0.4) is 0 Å². The van der Waals surface area contributed by atoms with Gasteiger partial charge in [0, 0.05) is 6.42 Å². The molecule has 116 valence electrons. The van der Waals surface area contributed by atoms with Crippen LogP contribution in [-0.2, 0) is 23.3 Å². The molecule has 0 radical (unpaired) electrons. The molecule has 4 nitrogen and oxygen atoms in total. The zero-order valence-electron chi connectivity index (χ0n) is 12.7. The van der Waals surface area contributed by atoms with Crippen LogP contribution in [0.1, 0.15) is 58.3 Å². The van der Waals surface area contributed by atoms with Crippen LogP contribution < -0.4 is 17.0 Å². The molecule has 1 aromatic heterocycles. The van der Waals surface area contributed by atoms with E-state index in [1.54, 1.807) is 0 Å². The van der Waals surface area contributed by atoms with Gasteiger partial charge in [-0.1, -0.05) is 45.4 Å². The maximum atomic E-state index is 11.5. The molecule has 5 heteroatoms. The minimum absolute atomic E-state index is 0. The Labute approximate surface area is 128 Å². The third-order valence-corrected chi connectivity index (χ3v) is 3.18. The molecule has 1 heterocycles. The van der Waals surface area contributed by atoms with E-state index in [0.29, 0.717) is 13.2 Å². The van der Waals surface area contributed by atoms with Crippen LogP contribution in [0.25, 0.3) is 0 Å². The molecule has 20 heavy (non-hydrogen) atoms. The van der Waals surface area contributed by atoms with Crippen LogP contribution >= 0.6 is 0 Å². The zero-order valence-corrected chi connectivity index (χ0v) is 13.4. The fourth-order valence-electron chi connectivity index (χ4n) is 2.02. The summed E-state index contributed by atoms with van der Waals surface area (Å²) in [5.74, 6) is -0.0927. The van der Waals surface area contributed by atoms with E-state index in [4.69, 9.17) is 4.74 Å². The minimum atomic E-state index is -0.0927. The summed E-state index contributed by atoms with van der Waals surface area (Å²) in [5, 5.41) is 0. The number of aryl methyl sites for hydroxylation is 1. The summed E-state index contributed by atoms with van der Waals surface area (Å²) in [6.07, 6.45) is 14.8. The number of carbonyl (C=O) groups is 1. The normalized spacial score (nSPS) is 10.1. The van der Waals surface area contributed by atoms with Gasteiger partial charge in [-0.2, -0.15) is 0 Å². The minimum Gasteiger partial charge on any atom is -1.00 e. The molecule has 0 aromatic carbocycles. The van der Waals surface area contributed by atoms with Crippen molar-refractivity contribution in [3.63, 3.8) is 0 Å². The SMILES string of the molecule is CCCCCCCCCC(=O)OCn1cc[n+](C)c1.[Cl-]. The molecule has 1 rings (SSSR count). The van der Waals surface area contributed by atoms with Crippen molar-refractivity contribution in [2.75, 3.05) is 0 Å². The quantitative estimate of drug-likeness (QED) is 0.345. The molecule has 0 aliphatic carbocycles. The van der Waals surface area contributed by atoms with Crippen LogP contribution in [-0.4, -0.2) is 10.5 Å². The van der Waals surface area contributed by atoms with E-state index in [1.165, 1.54) is 32.1 Å². The largest absolute Gasteiger partial charge is 1.00 e. The predicted octanol–water partition coefficient (Wildman–Crippen LogP) is -0.0420. The van der Waals surface area contributed by atoms with E-state index in [0.717, 1.165) is 12.8 Å². The standard InChI is InChI=1S/C15H27N2O2.ClH/c1-3-4-5-6-7-8-9-10-15(18)19-14-17-12-11-16(2)13-17;/h11-13H,3-10,14H2,1-2H3;1H/q+1;/p-1. The van der Waals surface area contributed by atoms with Crippen LogP contribution in [0.4, 0.5) is 0 Å². The summed E-state index contributed by atoms with van der Waals surface area (Å²) in [6.45, 7) is 2.54. The van der Waals surface area contributed by atoms with Gasteiger partial charge in [0.15, 0.2) is 0 Å². The van der Waals surface area contributed by atoms with Gasteiger partial charge in [-0.05, 0) is 6.42 Å². The second-order valence-corrected chi connectivity index (χ2v) is 5.11. The highest BCUT2D eigenvalue weighted by atomic mass is 35.5. The molecular weight excluding hydrogens is 276 g/mol. The molecule has 0 bridgehead atoms. The highest BCUT2D eigenvalue weighted by Gasteiger charge is 2.05. The fraction of sp³-hybridized carbons (Fsp3) is 0.733. The van der Waals surface area contributed by atoms with Crippen LogP contribution in [0.2, 0.25) is 0 Å². The molecule has 0 saturated carbocycles. The number of rotatable bonds is 10. The van der Waals surface area contributed by atoms with Crippen molar-refractivity contribution in [2.45, 2.75) is 65.0 Å². The summed E-state index contributed by atoms with van der Waals surface area (Å²) in [6, 6.07) is 0. The summed E-state index contributed by atoms with van der Waals surface area (Å²) in [5.41, 5.74) is 0. The third kappa shape index (κ3) is 8.97. The maximum Gasteiger partial charge on any atom is 0.308 e. The Kier molecular flexibility index (Phi) is 11.2. The number of imidazole rings is 1. The van der Waals surface area contributed by atoms with Crippen molar-refractivity contribution in [3.8, 4) is 0 Å². The van der Waals surface area contributed by atoms with Crippen molar-refractivity contribution in [1.29, 1.82) is 0 Å². The Morgan fingerprint density at radius 1 is 1.15 bits per heavy atom. The molecule has 1 aromatic rings. The lowest BCUT2D eigenvalue weighted by atomic mass is 10.1. The molecule has 0 aliphatic rings. The van der Waals surface area contributed by atoms with Gasteiger partial charge in [-0.25, -0.2) is 9.13 Å². The fourth-order valence-corrected chi connectivity index (χ4v) is 2.02. The first-order valence-electron chi connectivity index (χ1n) is 7.39. The van der Waals surface area contributed by atoms with Gasteiger partial charge in [0.1, 0.15) is 12.4 Å². The van der Waals surface area contributed by atoms with E-state index in [2.05, 4.69) is 6.92 Å². The van der Waals surface area contributed by atoms with Crippen molar-refractivity contribution >= 4 is 5.97 Å². The van der Waals surface area contributed by atoms with Crippen molar-refractivity contribution in [2.24, 2.45) is 7.05 Å². The first-order valence-corrected chi connectivity index (χ1v) is 7.39. The van der Waals surface area contributed by atoms with Gasteiger partial charge >= 0.3 is 5.97 Å². The van der Waals surface area contributed by atoms with Gasteiger partial charge < -0.3 is 17.1 Å². The smallest absolute Gasteiger partial charge is 0.308 e. The number of nitrogens with zero attached hydrogens (tertiary/aromatic N) is 2. The van der Waals surface area contributed by atoms with E-state index in [-0.39, 0.29) is 18.4 Å².